The number of hydrogen-bond acceptors (Lipinski definition) is 5. The maximum absolute atomic E-state index is 13.2. The summed E-state index contributed by atoms with van der Waals surface area (Å²) in [4.78, 5) is 29.9. The summed E-state index contributed by atoms with van der Waals surface area (Å²) in [5.41, 5.74) is 3.25. The lowest BCUT2D eigenvalue weighted by molar-refractivity contribution is -0.136. The van der Waals surface area contributed by atoms with Crippen LogP contribution in [0, 0.1) is 5.92 Å². The molecular weight excluding hydrogens is 426 g/mol. The van der Waals surface area contributed by atoms with Gasteiger partial charge in [0, 0.05) is 31.0 Å². The Balaban J connectivity index is 1.60. The van der Waals surface area contributed by atoms with Crippen molar-refractivity contribution in [3.05, 3.63) is 72.4 Å². The smallest absolute Gasteiger partial charge is 0.278 e. The van der Waals surface area contributed by atoms with Crippen LogP contribution in [0.5, 0.6) is 5.75 Å². The van der Waals surface area contributed by atoms with Crippen molar-refractivity contribution in [2.45, 2.75) is 39.7 Å². The van der Waals surface area contributed by atoms with E-state index in [9.17, 15) is 9.59 Å². The Kier molecular flexibility index (Phi) is 7.06. The van der Waals surface area contributed by atoms with Crippen molar-refractivity contribution >= 4 is 28.8 Å². The summed E-state index contributed by atoms with van der Waals surface area (Å²) < 4.78 is 5.72. The first-order valence-corrected chi connectivity index (χ1v) is 12.0. The van der Waals surface area contributed by atoms with Crippen LogP contribution in [0.15, 0.2) is 66.9 Å². The second kappa shape index (κ2) is 10.2. The maximum atomic E-state index is 13.2. The first-order valence-electron chi connectivity index (χ1n) is 12.0. The minimum atomic E-state index is -0.350. The number of imide groups is 1. The van der Waals surface area contributed by atoms with Gasteiger partial charge in [-0.1, -0.05) is 25.1 Å². The number of rotatable bonds is 8. The highest BCUT2D eigenvalue weighted by atomic mass is 16.5. The number of nitrogens with one attached hydrogen (secondary N) is 1. The van der Waals surface area contributed by atoms with Crippen molar-refractivity contribution in [1.29, 1.82) is 0 Å². The van der Waals surface area contributed by atoms with Gasteiger partial charge < -0.3 is 15.0 Å². The zero-order valence-electron chi connectivity index (χ0n) is 20.2. The first-order chi connectivity index (χ1) is 16.4. The molecule has 2 aromatic rings. The molecule has 0 saturated carbocycles. The Morgan fingerprint density at radius 1 is 1.03 bits per heavy atom. The second-order valence-corrected chi connectivity index (χ2v) is 9.29. The molecule has 4 rings (SSSR count). The molecule has 0 bridgehead atoms. The van der Waals surface area contributed by atoms with Crippen LogP contribution in [0.1, 0.15) is 39.2 Å². The molecule has 0 unspecified atom stereocenters. The third-order valence-corrected chi connectivity index (χ3v) is 6.28. The number of piperidine rings is 1. The summed E-state index contributed by atoms with van der Waals surface area (Å²) in [6.45, 7) is 12.2. The van der Waals surface area contributed by atoms with Crippen LogP contribution in [0.3, 0.4) is 0 Å². The molecule has 0 atom stereocenters. The summed E-state index contributed by atoms with van der Waals surface area (Å²) in [5, 5.41) is 3.23. The number of hydrogen-bond donors (Lipinski definition) is 1. The molecule has 0 aromatic heterocycles. The van der Waals surface area contributed by atoms with Gasteiger partial charge in [-0.05, 0) is 74.6 Å². The molecule has 34 heavy (non-hydrogen) atoms. The van der Waals surface area contributed by atoms with E-state index in [4.69, 9.17) is 4.74 Å². The van der Waals surface area contributed by atoms with Crippen molar-refractivity contribution in [2.24, 2.45) is 5.92 Å². The monoisotopic (exact) mass is 459 g/mol. The van der Waals surface area contributed by atoms with Crippen LogP contribution in [-0.2, 0) is 9.59 Å². The van der Waals surface area contributed by atoms with Crippen LogP contribution in [0.4, 0.5) is 11.4 Å². The molecule has 0 aliphatic carbocycles. The van der Waals surface area contributed by atoms with Crippen molar-refractivity contribution in [1.82, 2.24) is 4.90 Å². The van der Waals surface area contributed by atoms with E-state index in [-0.39, 0.29) is 30.2 Å². The Morgan fingerprint density at radius 2 is 1.68 bits per heavy atom. The van der Waals surface area contributed by atoms with Gasteiger partial charge in [-0.25, -0.2) is 0 Å². The quantitative estimate of drug-likeness (QED) is 0.440. The highest BCUT2D eigenvalue weighted by Crippen LogP contribution is 2.32. The number of benzene rings is 2. The Labute approximate surface area is 201 Å². The van der Waals surface area contributed by atoms with E-state index in [0.29, 0.717) is 11.1 Å². The topological polar surface area (TPSA) is 61.9 Å². The molecular formula is C28H33N3O3. The molecule has 1 N–H and O–H groups in total. The van der Waals surface area contributed by atoms with E-state index in [1.165, 1.54) is 23.4 Å². The van der Waals surface area contributed by atoms with Gasteiger partial charge in [0.15, 0.2) is 0 Å². The highest BCUT2D eigenvalue weighted by molar-refractivity contribution is 6.36. The highest BCUT2D eigenvalue weighted by Gasteiger charge is 2.38. The van der Waals surface area contributed by atoms with Crippen molar-refractivity contribution in [3.8, 4) is 5.75 Å². The van der Waals surface area contributed by atoms with E-state index in [1.807, 2.05) is 50.2 Å². The average Bonchev–Trinajstić information content (AvgIpc) is 3.05. The molecule has 0 spiro atoms. The van der Waals surface area contributed by atoms with E-state index in [0.717, 1.165) is 30.4 Å². The molecule has 2 aliphatic heterocycles. The fraction of sp³-hybridized carbons (Fsp3) is 0.357. The number of anilines is 2. The van der Waals surface area contributed by atoms with Crippen molar-refractivity contribution < 1.29 is 14.3 Å². The number of carbonyl (C=O) groups is 2. The number of nitrogens with zero attached hydrogens (tertiary/aromatic N) is 2. The van der Waals surface area contributed by atoms with Crippen LogP contribution in [0.25, 0.3) is 5.57 Å². The third-order valence-electron chi connectivity index (χ3n) is 6.28. The van der Waals surface area contributed by atoms with Gasteiger partial charge in [0.25, 0.3) is 11.8 Å². The van der Waals surface area contributed by atoms with E-state index in [2.05, 4.69) is 35.9 Å². The van der Waals surface area contributed by atoms with Gasteiger partial charge in [-0.15, -0.1) is 6.58 Å². The van der Waals surface area contributed by atoms with Crippen LogP contribution < -0.4 is 15.0 Å². The fourth-order valence-electron chi connectivity index (χ4n) is 4.39. The molecule has 1 fully saturated rings. The molecule has 2 aliphatic rings. The third kappa shape index (κ3) is 5.01. The van der Waals surface area contributed by atoms with Gasteiger partial charge in [0.2, 0.25) is 0 Å². The van der Waals surface area contributed by atoms with Crippen LogP contribution in [-0.4, -0.2) is 42.5 Å². The zero-order valence-corrected chi connectivity index (χ0v) is 20.2. The summed E-state index contributed by atoms with van der Waals surface area (Å²) in [6, 6.07) is 15.3. The molecule has 2 heterocycles. The van der Waals surface area contributed by atoms with Gasteiger partial charge in [0.1, 0.15) is 11.4 Å². The van der Waals surface area contributed by atoms with E-state index >= 15 is 0 Å². The molecule has 0 radical (unpaired) electrons. The molecule has 2 aromatic carbocycles. The lowest BCUT2D eigenvalue weighted by Crippen LogP contribution is -2.32. The Hall–Kier alpha value is -3.54. The van der Waals surface area contributed by atoms with Crippen LogP contribution in [0.2, 0.25) is 0 Å². The Morgan fingerprint density at radius 3 is 2.26 bits per heavy atom. The van der Waals surface area contributed by atoms with Gasteiger partial charge in [-0.2, -0.15) is 0 Å². The molecule has 1 saturated heterocycles. The Bertz CT molecular complexity index is 1080. The lowest BCUT2D eigenvalue weighted by Gasteiger charge is -2.32. The van der Waals surface area contributed by atoms with Gasteiger partial charge in [0.05, 0.1) is 11.7 Å². The predicted molar refractivity (Wildman–Crippen MR) is 137 cm³/mol. The van der Waals surface area contributed by atoms with E-state index in [1.54, 1.807) is 6.08 Å². The molecule has 6 heteroatoms. The SMILES string of the molecule is C=CCN1C(=O)C(Nc2ccc(N3CCC(C)CC3)cc2)=C(c2ccc(OC(C)C)cc2)C1=O. The zero-order chi connectivity index (χ0) is 24.2. The van der Waals surface area contributed by atoms with Crippen molar-refractivity contribution in [3.63, 3.8) is 0 Å². The van der Waals surface area contributed by atoms with Gasteiger partial charge >= 0.3 is 0 Å². The minimum absolute atomic E-state index is 0.0522. The first kappa shape index (κ1) is 23.6. The standard InChI is InChI=1S/C28H33N3O3/c1-5-16-31-27(32)25(21-6-12-24(13-7-21)34-19(2)3)26(28(31)33)29-22-8-10-23(11-9-22)30-17-14-20(4)15-18-30/h5-13,19-20,29H,1,14-18H2,2-4H3. The van der Waals surface area contributed by atoms with Gasteiger partial charge in [-0.3, -0.25) is 14.5 Å². The fourth-order valence-corrected chi connectivity index (χ4v) is 4.39. The second-order valence-electron chi connectivity index (χ2n) is 9.29. The maximum Gasteiger partial charge on any atom is 0.278 e. The number of carbonyl (C=O) groups excluding carboxylic acids is 2. The molecule has 2 amide bonds. The lowest BCUT2D eigenvalue weighted by atomic mass is 9.99. The predicted octanol–water partition coefficient (Wildman–Crippen LogP) is 5.09. The van der Waals surface area contributed by atoms with Crippen molar-refractivity contribution in [2.75, 3.05) is 29.9 Å². The average molecular weight is 460 g/mol. The molecule has 178 valence electrons. The normalized spacial score (nSPS) is 17.1. The van der Waals surface area contributed by atoms with Crippen LogP contribution >= 0.6 is 0 Å². The summed E-state index contributed by atoms with van der Waals surface area (Å²) in [6.07, 6.45) is 4.01. The summed E-state index contributed by atoms with van der Waals surface area (Å²) in [7, 11) is 0. The minimum Gasteiger partial charge on any atom is -0.491 e. The largest absolute Gasteiger partial charge is 0.491 e. The number of ether oxygens (including phenoxy) is 1. The summed E-state index contributed by atoms with van der Waals surface area (Å²) in [5.74, 6) is 0.815. The summed E-state index contributed by atoms with van der Waals surface area (Å²) >= 11 is 0. The molecule has 6 nitrogen and oxygen atoms in total. The van der Waals surface area contributed by atoms with E-state index < -0.39 is 0 Å². The number of amides is 2.